The van der Waals surface area contributed by atoms with E-state index in [-0.39, 0.29) is 23.2 Å². The molecular formula is C29H39FN2O2. The maximum atomic E-state index is 13.7. The van der Waals surface area contributed by atoms with Crippen LogP contribution >= 0.6 is 0 Å². The molecule has 184 valence electrons. The second kappa shape index (κ2) is 11.4. The maximum Gasteiger partial charge on any atom is 0.226 e. The van der Waals surface area contributed by atoms with Gasteiger partial charge in [0, 0.05) is 6.54 Å². The van der Waals surface area contributed by atoms with Crippen molar-refractivity contribution in [2.75, 3.05) is 19.7 Å². The molecule has 1 spiro atoms. The molecule has 1 fully saturated rings. The van der Waals surface area contributed by atoms with Gasteiger partial charge in [0.15, 0.2) is 0 Å². The van der Waals surface area contributed by atoms with E-state index in [0.717, 1.165) is 75.9 Å². The molecule has 0 aromatic heterocycles. The summed E-state index contributed by atoms with van der Waals surface area (Å²) in [5, 5.41) is 3.40. The summed E-state index contributed by atoms with van der Waals surface area (Å²) in [5.41, 5.74) is 2.07. The van der Waals surface area contributed by atoms with Gasteiger partial charge in [-0.3, -0.25) is 9.69 Å². The zero-order chi connectivity index (χ0) is 24.0. The van der Waals surface area contributed by atoms with Crippen molar-refractivity contribution in [1.82, 2.24) is 10.2 Å². The molecule has 1 atom stereocenters. The molecule has 1 amide bonds. The van der Waals surface area contributed by atoms with Crippen LogP contribution in [-0.4, -0.2) is 36.5 Å². The first kappa shape index (κ1) is 24.7. The van der Waals surface area contributed by atoms with Crippen molar-refractivity contribution in [3.05, 3.63) is 65.5 Å². The Kier molecular flexibility index (Phi) is 8.25. The molecule has 1 N–H and O–H groups in total. The monoisotopic (exact) mass is 466 g/mol. The number of fused-ring (bicyclic) bond motifs is 1. The van der Waals surface area contributed by atoms with Gasteiger partial charge in [-0.2, -0.15) is 0 Å². The number of ether oxygens (including phenoxy) is 1. The minimum atomic E-state index is -0.312. The standard InChI is InChI=1S/C29H39FN2O2/c1-22(2)19-26-21-34-27-9-4-3-7-24(27)8-5-6-14-29(28(33)31-26)15-17-32(18-16-29)20-23-10-12-25(30)13-11-23/h3-4,7,9-13,22,26H,5-6,8,14-21H2,1-2H3,(H,31,33)/t26-/m0/s1. The molecule has 0 radical (unpaired) electrons. The van der Waals surface area contributed by atoms with E-state index in [4.69, 9.17) is 4.74 Å². The van der Waals surface area contributed by atoms with Crippen LogP contribution in [0.15, 0.2) is 48.5 Å². The molecule has 1 saturated heterocycles. The summed E-state index contributed by atoms with van der Waals surface area (Å²) in [6.45, 7) is 7.48. The largest absolute Gasteiger partial charge is 0.491 e. The quantitative estimate of drug-likeness (QED) is 0.624. The Balaban J connectivity index is 1.46. The highest BCUT2D eigenvalue weighted by atomic mass is 19.1. The lowest BCUT2D eigenvalue weighted by molar-refractivity contribution is -0.136. The van der Waals surface area contributed by atoms with Crippen LogP contribution in [0.5, 0.6) is 5.75 Å². The molecule has 5 heteroatoms. The van der Waals surface area contributed by atoms with Gasteiger partial charge in [-0.15, -0.1) is 0 Å². The first-order chi connectivity index (χ1) is 16.4. The van der Waals surface area contributed by atoms with E-state index in [1.165, 1.54) is 17.7 Å². The normalized spacial score (nSPS) is 21.8. The third kappa shape index (κ3) is 6.38. The molecule has 2 aromatic rings. The topological polar surface area (TPSA) is 41.6 Å². The fraction of sp³-hybridized carbons (Fsp3) is 0.552. The van der Waals surface area contributed by atoms with Crippen molar-refractivity contribution in [3.8, 4) is 5.75 Å². The van der Waals surface area contributed by atoms with Crippen molar-refractivity contribution in [2.24, 2.45) is 11.3 Å². The number of carbonyl (C=O) groups excluding carboxylic acids is 1. The summed E-state index contributed by atoms with van der Waals surface area (Å²) in [7, 11) is 0. The summed E-state index contributed by atoms with van der Waals surface area (Å²) in [6.07, 6.45) is 6.65. The molecule has 2 aliphatic rings. The first-order valence-corrected chi connectivity index (χ1v) is 12.9. The summed E-state index contributed by atoms with van der Waals surface area (Å²) in [5.74, 6) is 1.44. The SMILES string of the molecule is CC(C)C[C@H]1COc2ccccc2CCCCC2(CCN(Cc3ccc(F)cc3)CC2)C(=O)N1. The Labute approximate surface area is 203 Å². The van der Waals surface area contributed by atoms with Crippen molar-refractivity contribution in [3.63, 3.8) is 0 Å². The number of hydrogen-bond donors (Lipinski definition) is 1. The van der Waals surface area contributed by atoms with Gasteiger partial charge in [0.1, 0.15) is 18.2 Å². The number of carbonyl (C=O) groups is 1. The Bertz CT molecular complexity index is 935. The highest BCUT2D eigenvalue weighted by Crippen LogP contribution is 2.38. The third-order valence-corrected chi connectivity index (χ3v) is 7.47. The van der Waals surface area contributed by atoms with E-state index in [1.807, 2.05) is 24.3 Å². The van der Waals surface area contributed by atoms with Crippen LogP contribution in [0.2, 0.25) is 0 Å². The molecule has 0 bridgehead atoms. The molecule has 0 aliphatic carbocycles. The van der Waals surface area contributed by atoms with Crippen LogP contribution in [0.3, 0.4) is 0 Å². The van der Waals surface area contributed by atoms with E-state index < -0.39 is 0 Å². The summed E-state index contributed by atoms with van der Waals surface area (Å²) in [6, 6.07) is 15.1. The zero-order valence-electron chi connectivity index (χ0n) is 20.7. The summed E-state index contributed by atoms with van der Waals surface area (Å²) < 4.78 is 19.5. The Morgan fingerprint density at radius 3 is 2.53 bits per heavy atom. The number of halogens is 1. The van der Waals surface area contributed by atoms with Crippen LogP contribution in [0.1, 0.15) is 63.5 Å². The third-order valence-electron chi connectivity index (χ3n) is 7.47. The number of aryl methyl sites for hydroxylation is 1. The van der Waals surface area contributed by atoms with Gasteiger partial charge in [0.25, 0.3) is 0 Å². The molecule has 2 aromatic carbocycles. The highest BCUT2D eigenvalue weighted by Gasteiger charge is 2.41. The van der Waals surface area contributed by atoms with Crippen molar-refractivity contribution in [1.29, 1.82) is 0 Å². The molecule has 0 unspecified atom stereocenters. The lowest BCUT2D eigenvalue weighted by atomic mass is 9.73. The van der Waals surface area contributed by atoms with E-state index in [2.05, 4.69) is 36.2 Å². The Morgan fingerprint density at radius 1 is 1.06 bits per heavy atom. The van der Waals surface area contributed by atoms with Gasteiger partial charge in [-0.1, -0.05) is 50.6 Å². The fourth-order valence-corrected chi connectivity index (χ4v) is 5.47. The van der Waals surface area contributed by atoms with Crippen LogP contribution in [0.4, 0.5) is 4.39 Å². The van der Waals surface area contributed by atoms with Gasteiger partial charge >= 0.3 is 0 Å². The Morgan fingerprint density at radius 2 is 1.79 bits per heavy atom. The van der Waals surface area contributed by atoms with Crippen molar-refractivity contribution < 1.29 is 13.9 Å². The lowest BCUT2D eigenvalue weighted by Crippen LogP contribution is -2.52. The van der Waals surface area contributed by atoms with Gasteiger partial charge in [0.05, 0.1) is 11.5 Å². The number of amides is 1. The molecular weight excluding hydrogens is 427 g/mol. The van der Waals surface area contributed by atoms with Crippen molar-refractivity contribution in [2.45, 2.75) is 71.4 Å². The molecule has 2 aliphatic heterocycles. The number of nitrogens with one attached hydrogen (secondary N) is 1. The minimum Gasteiger partial charge on any atom is -0.491 e. The predicted molar refractivity (Wildman–Crippen MR) is 134 cm³/mol. The second-order valence-corrected chi connectivity index (χ2v) is 10.6. The second-order valence-electron chi connectivity index (χ2n) is 10.6. The number of likely N-dealkylation sites (tertiary alicyclic amines) is 1. The minimum absolute atomic E-state index is 0.00843. The van der Waals surface area contributed by atoms with E-state index >= 15 is 0 Å². The van der Waals surface area contributed by atoms with Gasteiger partial charge in [-0.05, 0) is 86.9 Å². The smallest absolute Gasteiger partial charge is 0.226 e. The molecule has 2 heterocycles. The Hall–Kier alpha value is -2.40. The zero-order valence-corrected chi connectivity index (χ0v) is 20.7. The van der Waals surface area contributed by atoms with Crippen LogP contribution in [0.25, 0.3) is 0 Å². The van der Waals surface area contributed by atoms with Crippen LogP contribution in [0, 0.1) is 17.2 Å². The lowest BCUT2D eigenvalue weighted by Gasteiger charge is -2.42. The van der Waals surface area contributed by atoms with Gasteiger partial charge in [-0.25, -0.2) is 4.39 Å². The number of hydrogen-bond acceptors (Lipinski definition) is 3. The number of rotatable bonds is 4. The molecule has 4 rings (SSSR count). The molecule has 34 heavy (non-hydrogen) atoms. The summed E-state index contributed by atoms with van der Waals surface area (Å²) in [4.78, 5) is 16.1. The van der Waals surface area contributed by atoms with Gasteiger partial charge in [0.2, 0.25) is 5.91 Å². The van der Waals surface area contributed by atoms with E-state index in [9.17, 15) is 9.18 Å². The van der Waals surface area contributed by atoms with E-state index in [0.29, 0.717) is 12.5 Å². The number of nitrogens with zero attached hydrogens (tertiary/aromatic N) is 1. The van der Waals surface area contributed by atoms with Crippen LogP contribution < -0.4 is 10.1 Å². The predicted octanol–water partition coefficient (Wildman–Crippen LogP) is 5.74. The molecule has 4 nitrogen and oxygen atoms in total. The fourth-order valence-electron chi connectivity index (χ4n) is 5.47. The maximum absolute atomic E-state index is 13.7. The first-order valence-electron chi connectivity index (χ1n) is 12.9. The van der Waals surface area contributed by atoms with E-state index in [1.54, 1.807) is 0 Å². The van der Waals surface area contributed by atoms with Crippen LogP contribution in [-0.2, 0) is 17.8 Å². The number of para-hydroxylation sites is 1. The number of piperidine rings is 1. The average Bonchev–Trinajstić information content (AvgIpc) is 2.82. The average molecular weight is 467 g/mol. The highest BCUT2D eigenvalue weighted by molar-refractivity contribution is 5.83. The summed E-state index contributed by atoms with van der Waals surface area (Å²) >= 11 is 0. The van der Waals surface area contributed by atoms with Crippen molar-refractivity contribution >= 4 is 5.91 Å². The number of benzene rings is 2. The molecule has 0 saturated carbocycles. The van der Waals surface area contributed by atoms with Gasteiger partial charge < -0.3 is 10.1 Å².